The molecule has 0 heterocycles. The number of hydrogen-bond acceptors (Lipinski definition) is 4. The van der Waals surface area contributed by atoms with Gasteiger partial charge in [-0.1, -0.05) is 27.7 Å². The molecule has 0 spiro atoms. The molecule has 0 atom stereocenters. The molecule has 0 aromatic heterocycles. The molecule has 0 rings (SSSR count). The maximum atomic E-state index is 2.12. The van der Waals surface area contributed by atoms with Crippen molar-refractivity contribution in [1.82, 2.24) is 19.6 Å². The molecule has 4 nitrogen and oxygen atoms in total. The Morgan fingerprint density at radius 1 is 0.381 bits per heavy atom. The molecule has 0 unspecified atom stereocenters. The molecule has 0 aromatic rings. The van der Waals surface area contributed by atoms with Crippen LogP contribution in [-0.4, -0.2) is 102 Å². The summed E-state index contributed by atoms with van der Waals surface area (Å²) < 4.78 is 0. The Morgan fingerprint density at radius 3 is 0.429 bits per heavy atom. The summed E-state index contributed by atoms with van der Waals surface area (Å²) in [6, 6.07) is 0. The van der Waals surface area contributed by atoms with Crippen molar-refractivity contribution < 1.29 is 25.8 Å². The van der Waals surface area contributed by atoms with Crippen LogP contribution >= 0.6 is 0 Å². The van der Waals surface area contributed by atoms with E-state index in [-0.39, 0.29) is 25.8 Å². The zero-order valence-corrected chi connectivity index (χ0v) is 20.7. The Labute approximate surface area is 155 Å². The van der Waals surface area contributed by atoms with Gasteiger partial charge in [0.1, 0.15) is 0 Å². The third-order valence-corrected chi connectivity index (χ3v) is 2.53. The van der Waals surface area contributed by atoms with Crippen molar-refractivity contribution >= 4 is 0 Å². The van der Waals surface area contributed by atoms with E-state index in [2.05, 4.69) is 104 Å². The zero-order valence-electron chi connectivity index (χ0n) is 17.1. The molecule has 0 radical (unpaired) electrons. The average Bonchev–Trinajstić information content (AvgIpc) is 2.40. The summed E-state index contributed by atoms with van der Waals surface area (Å²) in [7, 11) is 16.4. The first-order valence-electron chi connectivity index (χ1n) is 7.67. The van der Waals surface area contributed by atoms with Crippen molar-refractivity contribution in [3.8, 4) is 0 Å². The van der Waals surface area contributed by atoms with E-state index < -0.39 is 0 Å². The first kappa shape index (κ1) is 33.3. The van der Waals surface area contributed by atoms with Crippen LogP contribution in [0.25, 0.3) is 0 Å². The second-order valence-corrected chi connectivity index (χ2v) is 5.58. The van der Waals surface area contributed by atoms with Crippen molar-refractivity contribution in [3.05, 3.63) is 0 Å². The third kappa shape index (κ3) is 95.6. The molecule has 0 N–H and O–H groups in total. The fraction of sp³-hybridized carbons (Fsp3) is 1.00. The summed E-state index contributed by atoms with van der Waals surface area (Å²) in [5.74, 6) is 0. The van der Waals surface area contributed by atoms with Gasteiger partial charge in [-0.25, -0.2) is 0 Å². The number of hydrogen-bond donors (Lipinski definition) is 0. The van der Waals surface area contributed by atoms with Gasteiger partial charge in [0.05, 0.1) is 0 Å². The normalized spacial score (nSPS) is 9.14. The third-order valence-electron chi connectivity index (χ3n) is 2.53. The van der Waals surface area contributed by atoms with Crippen LogP contribution in [0.4, 0.5) is 0 Å². The fourth-order valence-electron chi connectivity index (χ4n) is 0. The van der Waals surface area contributed by atoms with Crippen LogP contribution in [0, 0.1) is 0 Å². The van der Waals surface area contributed by atoms with Crippen LogP contribution in [0.15, 0.2) is 0 Å². The van der Waals surface area contributed by atoms with Crippen molar-refractivity contribution in [2.24, 2.45) is 0 Å². The van der Waals surface area contributed by atoms with Gasteiger partial charge in [-0.05, 0) is 82.6 Å². The van der Waals surface area contributed by atoms with Gasteiger partial charge in [0.25, 0.3) is 0 Å². The predicted octanol–water partition coefficient (Wildman–Crippen LogP) is 2.27. The van der Waals surface area contributed by atoms with Crippen LogP contribution in [0.2, 0.25) is 0 Å². The molecular weight excluding hydrogens is 427 g/mol. The minimum absolute atomic E-state index is 0. The first-order valence-corrected chi connectivity index (χ1v) is 7.67. The SMILES string of the molecule is CCN(C)C.CCN(C)C.CCN(C)C.CCN(C)C.[Hf]. The molecule has 0 fully saturated rings. The van der Waals surface area contributed by atoms with Crippen LogP contribution in [0.1, 0.15) is 27.7 Å². The summed E-state index contributed by atoms with van der Waals surface area (Å²) >= 11 is 0. The van der Waals surface area contributed by atoms with Gasteiger partial charge in [-0.2, -0.15) is 0 Å². The maximum absolute atomic E-state index is 2.12. The van der Waals surface area contributed by atoms with Gasteiger partial charge in [0, 0.05) is 25.8 Å². The van der Waals surface area contributed by atoms with Crippen molar-refractivity contribution in [1.29, 1.82) is 0 Å². The number of rotatable bonds is 4. The van der Waals surface area contributed by atoms with Gasteiger partial charge in [-0.3, -0.25) is 0 Å². The van der Waals surface area contributed by atoms with Gasteiger partial charge in [0.2, 0.25) is 0 Å². The molecule has 0 aliphatic rings. The Kier molecular flexibility index (Phi) is 45.8. The summed E-state index contributed by atoms with van der Waals surface area (Å²) in [6.45, 7) is 13.1. The Bertz CT molecular complexity index is 108. The van der Waals surface area contributed by atoms with Crippen LogP contribution in [0.5, 0.6) is 0 Å². The van der Waals surface area contributed by atoms with Crippen molar-refractivity contribution in [2.75, 3.05) is 82.6 Å². The fourth-order valence-corrected chi connectivity index (χ4v) is 0. The van der Waals surface area contributed by atoms with E-state index >= 15 is 0 Å². The predicted molar refractivity (Wildman–Crippen MR) is 96.9 cm³/mol. The molecule has 21 heavy (non-hydrogen) atoms. The summed E-state index contributed by atoms with van der Waals surface area (Å²) in [6.07, 6.45) is 0. The standard InChI is InChI=1S/4C4H11N.Hf/c4*1-4-5(2)3;/h4*4H2,1-3H3;. The Hall–Kier alpha value is 0.710. The molecule has 0 aliphatic heterocycles. The molecule has 0 saturated heterocycles. The second-order valence-electron chi connectivity index (χ2n) is 5.58. The van der Waals surface area contributed by atoms with Crippen molar-refractivity contribution in [2.45, 2.75) is 27.7 Å². The van der Waals surface area contributed by atoms with Gasteiger partial charge >= 0.3 is 0 Å². The summed E-state index contributed by atoms with van der Waals surface area (Å²) in [5.41, 5.74) is 0. The molecule has 0 aliphatic carbocycles. The topological polar surface area (TPSA) is 13.0 Å². The molecule has 0 saturated carbocycles. The minimum atomic E-state index is 0. The van der Waals surface area contributed by atoms with Crippen LogP contribution in [-0.2, 0) is 25.8 Å². The minimum Gasteiger partial charge on any atom is -0.310 e. The molecule has 132 valence electrons. The maximum Gasteiger partial charge on any atom is 0 e. The van der Waals surface area contributed by atoms with Crippen LogP contribution < -0.4 is 0 Å². The smallest absolute Gasteiger partial charge is 0 e. The molecule has 0 bridgehead atoms. The molecular formula is C16H44HfN4. The van der Waals surface area contributed by atoms with E-state index in [1.165, 1.54) is 0 Å². The van der Waals surface area contributed by atoms with Crippen LogP contribution in [0.3, 0.4) is 0 Å². The van der Waals surface area contributed by atoms with E-state index in [0.29, 0.717) is 0 Å². The second kappa shape index (κ2) is 28.8. The molecule has 0 aromatic carbocycles. The summed E-state index contributed by atoms with van der Waals surface area (Å²) in [5, 5.41) is 0. The molecule has 5 heteroatoms. The average molecular weight is 471 g/mol. The van der Waals surface area contributed by atoms with E-state index in [9.17, 15) is 0 Å². The first-order chi connectivity index (χ1) is 9.08. The van der Waals surface area contributed by atoms with Gasteiger partial charge in [-0.15, -0.1) is 0 Å². The van der Waals surface area contributed by atoms with Gasteiger partial charge < -0.3 is 19.6 Å². The quantitative estimate of drug-likeness (QED) is 0.584. The zero-order chi connectivity index (χ0) is 17.1. The Morgan fingerprint density at radius 2 is 0.429 bits per heavy atom. The van der Waals surface area contributed by atoms with E-state index in [1.54, 1.807) is 0 Å². The Balaban J connectivity index is -0.0000000533. The van der Waals surface area contributed by atoms with E-state index in [0.717, 1.165) is 26.2 Å². The monoisotopic (exact) mass is 472 g/mol. The number of nitrogens with zero attached hydrogens (tertiary/aromatic N) is 4. The van der Waals surface area contributed by atoms with Gasteiger partial charge in [0.15, 0.2) is 0 Å². The molecule has 0 amide bonds. The summed E-state index contributed by atoms with van der Waals surface area (Å²) in [4.78, 5) is 8.50. The van der Waals surface area contributed by atoms with Crippen molar-refractivity contribution in [3.63, 3.8) is 0 Å². The van der Waals surface area contributed by atoms with E-state index in [1.807, 2.05) is 0 Å². The largest absolute Gasteiger partial charge is 0.310 e. The van der Waals surface area contributed by atoms with E-state index in [4.69, 9.17) is 0 Å².